The van der Waals surface area contributed by atoms with Crippen LogP contribution in [0.3, 0.4) is 0 Å². The molecule has 1 atom stereocenters. The van der Waals surface area contributed by atoms with E-state index in [1.807, 2.05) is 12.1 Å². The number of H-pyrrole nitrogens is 1. The molecular weight excluding hydrogens is 344 g/mol. The Bertz CT molecular complexity index is 1090. The number of rotatable bonds is 4. The van der Waals surface area contributed by atoms with Crippen LogP contribution in [0.1, 0.15) is 29.2 Å². The molecule has 0 saturated heterocycles. The highest BCUT2D eigenvalue weighted by molar-refractivity contribution is 6.04. The number of aliphatic hydroxyl groups excluding tert-OH is 1. The van der Waals surface area contributed by atoms with Crippen LogP contribution in [0.5, 0.6) is 0 Å². The molecule has 1 aromatic carbocycles. The Labute approximate surface area is 154 Å². The topological polar surface area (TPSA) is 117 Å². The molecule has 4 aromatic rings. The molecule has 134 valence electrons. The van der Waals surface area contributed by atoms with E-state index in [0.29, 0.717) is 34.1 Å². The molecule has 4 rings (SSSR count). The van der Waals surface area contributed by atoms with Crippen molar-refractivity contribution in [2.75, 3.05) is 5.32 Å². The number of pyridine rings is 1. The molecule has 3 heterocycles. The van der Waals surface area contributed by atoms with E-state index >= 15 is 0 Å². The maximum absolute atomic E-state index is 12.4. The molecule has 0 fully saturated rings. The summed E-state index contributed by atoms with van der Waals surface area (Å²) in [4.78, 5) is 32.3. The Morgan fingerprint density at radius 2 is 1.96 bits per heavy atom. The quantitative estimate of drug-likeness (QED) is 0.515. The molecule has 3 N–H and O–H groups in total. The lowest BCUT2D eigenvalue weighted by Gasteiger charge is -2.05. The van der Waals surface area contributed by atoms with E-state index in [1.54, 1.807) is 37.4 Å². The van der Waals surface area contributed by atoms with E-state index in [-0.39, 0.29) is 5.91 Å². The minimum absolute atomic E-state index is 0.322. The van der Waals surface area contributed by atoms with Crippen molar-refractivity contribution in [3.8, 4) is 11.5 Å². The summed E-state index contributed by atoms with van der Waals surface area (Å²) in [7, 11) is 0. The van der Waals surface area contributed by atoms with E-state index in [4.69, 9.17) is 0 Å². The van der Waals surface area contributed by atoms with E-state index in [9.17, 15) is 9.90 Å². The first-order valence-corrected chi connectivity index (χ1v) is 8.33. The lowest BCUT2D eigenvalue weighted by atomic mass is 10.2. The number of carbonyl (C=O) groups is 1. The monoisotopic (exact) mass is 360 g/mol. The van der Waals surface area contributed by atoms with Crippen molar-refractivity contribution >= 4 is 22.6 Å². The Morgan fingerprint density at radius 1 is 1.15 bits per heavy atom. The van der Waals surface area contributed by atoms with Crippen LogP contribution >= 0.6 is 0 Å². The fourth-order valence-corrected chi connectivity index (χ4v) is 2.58. The molecule has 0 bridgehead atoms. The second-order valence-electron chi connectivity index (χ2n) is 5.99. The van der Waals surface area contributed by atoms with Gasteiger partial charge in [0.25, 0.3) is 5.91 Å². The van der Waals surface area contributed by atoms with Gasteiger partial charge in [-0.2, -0.15) is 0 Å². The number of aromatic nitrogens is 5. The second-order valence-corrected chi connectivity index (χ2v) is 5.99. The zero-order valence-electron chi connectivity index (χ0n) is 14.4. The number of aromatic amines is 1. The summed E-state index contributed by atoms with van der Waals surface area (Å²) in [5.41, 5.74) is 3.02. The second kappa shape index (κ2) is 6.93. The summed E-state index contributed by atoms with van der Waals surface area (Å²) in [6, 6.07) is 10.7. The lowest BCUT2D eigenvalue weighted by molar-refractivity contribution is 0.102. The van der Waals surface area contributed by atoms with Crippen molar-refractivity contribution in [1.82, 2.24) is 24.9 Å². The van der Waals surface area contributed by atoms with Crippen molar-refractivity contribution in [2.45, 2.75) is 13.0 Å². The van der Waals surface area contributed by atoms with Crippen LogP contribution in [0.4, 0.5) is 5.69 Å². The Kier molecular flexibility index (Phi) is 4.31. The van der Waals surface area contributed by atoms with Gasteiger partial charge >= 0.3 is 0 Å². The molecule has 0 radical (unpaired) electrons. The number of nitrogens with one attached hydrogen (secondary N) is 2. The van der Waals surface area contributed by atoms with Gasteiger partial charge in [-0.25, -0.2) is 15.0 Å². The van der Waals surface area contributed by atoms with Gasteiger partial charge in [-0.15, -0.1) is 0 Å². The third kappa shape index (κ3) is 3.51. The van der Waals surface area contributed by atoms with Crippen LogP contribution in [0.25, 0.3) is 22.6 Å². The third-order valence-corrected chi connectivity index (χ3v) is 3.96. The van der Waals surface area contributed by atoms with Crippen molar-refractivity contribution in [2.24, 2.45) is 0 Å². The minimum atomic E-state index is -0.690. The number of hydrogen-bond donors (Lipinski definition) is 3. The highest BCUT2D eigenvalue weighted by atomic mass is 16.3. The van der Waals surface area contributed by atoms with Gasteiger partial charge in [0.1, 0.15) is 17.6 Å². The number of amides is 1. The summed E-state index contributed by atoms with van der Waals surface area (Å²) in [6.07, 6.45) is 3.90. The fourth-order valence-electron chi connectivity index (χ4n) is 2.58. The molecule has 0 aliphatic heterocycles. The normalized spacial score (nSPS) is 12.1. The van der Waals surface area contributed by atoms with Gasteiger partial charge in [0.05, 0.1) is 16.6 Å². The highest BCUT2D eigenvalue weighted by Crippen LogP contribution is 2.20. The molecule has 27 heavy (non-hydrogen) atoms. The number of aliphatic hydroxyl groups is 1. The summed E-state index contributed by atoms with van der Waals surface area (Å²) < 4.78 is 0. The maximum atomic E-state index is 12.4. The summed E-state index contributed by atoms with van der Waals surface area (Å²) in [5, 5.41) is 12.4. The van der Waals surface area contributed by atoms with Gasteiger partial charge in [0.15, 0.2) is 5.82 Å². The molecule has 0 saturated carbocycles. The van der Waals surface area contributed by atoms with Crippen molar-refractivity contribution in [3.63, 3.8) is 0 Å². The number of benzene rings is 1. The molecule has 1 amide bonds. The largest absolute Gasteiger partial charge is 0.385 e. The third-order valence-electron chi connectivity index (χ3n) is 3.96. The predicted octanol–water partition coefficient (Wildman–Crippen LogP) is 2.72. The predicted molar refractivity (Wildman–Crippen MR) is 99.9 cm³/mol. The van der Waals surface area contributed by atoms with Crippen LogP contribution in [-0.2, 0) is 0 Å². The summed E-state index contributed by atoms with van der Waals surface area (Å²) >= 11 is 0. The molecule has 8 heteroatoms. The molecular formula is C19H16N6O2. The van der Waals surface area contributed by atoms with Gasteiger partial charge in [0.2, 0.25) is 0 Å². The average Bonchev–Trinajstić information content (AvgIpc) is 3.12. The number of hydrogen-bond acceptors (Lipinski definition) is 6. The van der Waals surface area contributed by atoms with Gasteiger partial charge in [-0.05, 0) is 37.3 Å². The standard InChI is InChI=1S/C19H16N6O2/c1-11(26)17-24-14-6-5-13(8-16(14)25-17)23-19(27)12-9-21-18(22-10-12)15-4-2-3-7-20-15/h2-11,26H,1H3,(H,23,27)(H,24,25). The van der Waals surface area contributed by atoms with Crippen molar-refractivity contribution in [1.29, 1.82) is 0 Å². The fraction of sp³-hybridized carbons (Fsp3) is 0.105. The highest BCUT2D eigenvalue weighted by Gasteiger charge is 2.11. The van der Waals surface area contributed by atoms with E-state index < -0.39 is 6.10 Å². The SMILES string of the molecule is CC(O)c1nc2ccc(NC(=O)c3cnc(-c4ccccn4)nc3)cc2[nH]1. The molecule has 0 spiro atoms. The maximum Gasteiger partial charge on any atom is 0.258 e. The van der Waals surface area contributed by atoms with Crippen LogP contribution in [0, 0.1) is 0 Å². The Hall–Kier alpha value is -3.65. The molecule has 8 nitrogen and oxygen atoms in total. The number of fused-ring (bicyclic) bond motifs is 1. The van der Waals surface area contributed by atoms with E-state index in [2.05, 4.69) is 30.2 Å². The molecule has 0 aliphatic carbocycles. The smallest absolute Gasteiger partial charge is 0.258 e. The molecule has 0 aliphatic rings. The first-order chi connectivity index (χ1) is 13.1. The van der Waals surface area contributed by atoms with Crippen molar-refractivity contribution in [3.05, 3.63) is 66.4 Å². The Morgan fingerprint density at radius 3 is 2.67 bits per heavy atom. The number of nitrogens with zero attached hydrogens (tertiary/aromatic N) is 4. The number of imidazole rings is 1. The summed E-state index contributed by atoms with van der Waals surface area (Å²) in [6.45, 7) is 1.63. The van der Waals surface area contributed by atoms with Crippen LogP contribution in [0.2, 0.25) is 0 Å². The Balaban J connectivity index is 1.52. The van der Waals surface area contributed by atoms with Crippen LogP contribution < -0.4 is 5.32 Å². The zero-order chi connectivity index (χ0) is 18.8. The number of carbonyl (C=O) groups excluding carboxylic acids is 1. The molecule has 1 unspecified atom stereocenters. The first-order valence-electron chi connectivity index (χ1n) is 8.33. The minimum Gasteiger partial charge on any atom is -0.385 e. The van der Waals surface area contributed by atoms with Crippen molar-refractivity contribution < 1.29 is 9.90 Å². The first kappa shape index (κ1) is 16.8. The van der Waals surface area contributed by atoms with E-state index in [0.717, 1.165) is 5.52 Å². The van der Waals surface area contributed by atoms with E-state index in [1.165, 1.54) is 12.4 Å². The number of anilines is 1. The van der Waals surface area contributed by atoms with Gasteiger partial charge in [-0.3, -0.25) is 9.78 Å². The summed E-state index contributed by atoms with van der Waals surface area (Å²) in [5.74, 6) is 0.612. The van der Waals surface area contributed by atoms with Gasteiger partial charge < -0.3 is 15.4 Å². The van der Waals surface area contributed by atoms with Crippen LogP contribution in [-0.4, -0.2) is 35.9 Å². The molecule has 3 aromatic heterocycles. The zero-order valence-corrected chi connectivity index (χ0v) is 14.4. The lowest BCUT2D eigenvalue weighted by Crippen LogP contribution is -2.12. The average molecular weight is 360 g/mol. The van der Waals surface area contributed by atoms with Crippen LogP contribution in [0.15, 0.2) is 55.0 Å². The van der Waals surface area contributed by atoms with Gasteiger partial charge in [-0.1, -0.05) is 6.07 Å². The van der Waals surface area contributed by atoms with Gasteiger partial charge in [0, 0.05) is 24.3 Å².